The molecule has 1 N–H and O–H groups in total. The van der Waals surface area contributed by atoms with Gasteiger partial charge in [-0.3, -0.25) is 4.40 Å². The Morgan fingerprint density at radius 2 is 2.33 bits per heavy atom. The van der Waals surface area contributed by atoms with Gasteiger partial charge in [0.1, 0.15) is 10.3 Å². The van der Waals surface area contributed by atoms with Crippen LogP contribution in [0.2, 0.25) is 0 Å². The summed E-state index contributed by atoms with van der Waals surface area (Å²) in [5.74, 6) is 0. The van der Waals surface area contributed by atoms with Crippen LogP contribution in [0.25, 0.3) is 5.65 Å². The summed E-state index contributed by atoms with van der Waals surface area (Å²) in [6, 6.07) is 4.15. The predicted octanol–water partition coefficient (Wildman–Crippen LogP) is 2.38. The average Bonchev–Trinajstić information content (AvgIpc) is 2.58. The zero-order chi connectivity index (χ0) is 10.8. The summed E-state index contributed by atoms with van der Waals surface area (Å²) in [6.07, 6.45) is 2.98. The number of nitrogens with one attached hydrogen (secondary N) is 1. The van der Waals surface area contributed by atoms with Crippen molar-refractivity contribution in [1.82, 2.24) is 14.7 Å². The molecular formula is C11H14BrN3. The minimum atomic E-state index is 0.844. The highest BCUT2D eigenvalue weighted by molar-refractivity contribution is 9.10. The van der Waals surface area contributed by atoms with Crippen molar-refractivity contribution in [2.24, 2.45) is 0 Å². The smallest absolute Gasteiger partial charge is 0.142 e. The van der Waals surface area contributed by atoms with Crippen molar-refractivity contribution in [2.45, 2.75) is 19.9 Å². The first kappa shape index (κ1) is 10.6. The van der Waals surface area contributed by atoms with E-state index in [0.717, 1.165) is 28.9 Å². The monoisotopic (exact) mass is 267 g/mol. The highest BCUT2D eigenvalue weighted by Gasteiger charge is 2.10. The zero-order valence-electron chi connectivity index (χ0n) is 8.92. The lowest BCUT2D eigenvalue weighted by Crippen LogP contribution is -2.06. The molecule has 2 heterocycles. The first-order valence-electron chi connectivity index (χ1n) is 5.06. The fraction of sp³-hybridized carbons (Fsp3) is 0.364. The fourth-order valence-corrected chi connectivity index (χ4v) is 2.35. The normalized spacial score (nSPS) is 11.1. The van der Waals surface area contributed by atoms with Gasteiger partial charge >= 0.3 is 0 Å². The Labute approximate surface area is 97.6 Å². The summed E-state index contributed by atoms with van der Waals surface area (Å²) in [5.41, 5.74) is 3.37. The molecule has 2 aromatic heterocycles. The summed E-state index contributed by atoms with van der Waals surface area (Å²) in [4.78, 5) is 4.63. The number of aromatic nitrogens is 2. The standard InChI is InChI=1S/C11H14BrN3/c1-3-9-10(12)15-6-4-5-8(7-13-2)11(15)14-9/h4-6,13H,3,7H2,1-2H3. The van der Waals surface area contributed by atoms with Gasteiger partial charge in [0.2, 0.25) is 0 Å². The van der Waals surface area contributed by atoms with Gasteiger partial charge in [-0.1, -0.05) is 13.0 Å². The second kappa shape index (κ2) is 4.33. The first-order chi connectivity index (χ1) is 7.27. The molecule has 0 amide bonds. The molecule has 15 heavy (non-hydrogen) atoms. The van der Waals surface area contributed by atoms with E-state index < -0.39 is 0 Å². The summed E-state index contributed by atoms with van der Waals surface area (Å²) in [6.45, 7) is 2.96. The highest BCUT2D eigenvalue weighted by Crippen LogP contribution is 2.21. The van der Waals surface area contributed by atoms with Crippen molar-refractivity contribution >= 4 is 21.6 Å². The molecular weight excluding hydrogens is 254 g/mol. The molecule has 0 fully saturated rings. The first-order valence-corrected chi connectivity index (χ1v) is 5.86. The number of rotatable bonds is 3. The number of nitrogens with zero attached hydrogens (tertiary/aromatic N) is 2. The molecule has 0 spiro atoms. The molecule has 0 aliphatic carbocycles. The fourth-order valence-electron chi connectivity index (χ4n) is 1.70. The van der Waals surface area contributed by atoms with E-state index in [0.29, 0.717) is 0 Å². The molecule has 0 bridgehead atoms. The Kier molecular flexibility index (Phi) is 3.07. The third kappa shape index (κ3) is 1.79. The third-order valence-electron chi connectivity index (χ3n) is 2.44. The molecule has 0 aliphatic rings. The van der Waals surface area contributed by atoms with Gasteiger partial charge < -0.3 is 5.32 Å². The van der Waals surface area contributed by atoms with Gasteiger partial charge in [0, 0.05) is 18.3 Å². The summed E-state index contributed by atoms with van der Waals surface area (Å²) in [7, 11) is 1.95. The van der Waals surface area contributed by atoms with Crippen LogP contribution in [0.5, 0.6) is 0 Å². The highest BCUT2D eigenvalue weighted by atomic mass is 79.9. The minimum Gasteiger partial charge on any atom is -0.316 e. The molecule has 2 rings (SSSR count). The number of hydrogen-bond acceptors (Lipinski definition) is 2. The second-order valence-electron chi connectivity index (χ2n) is 3.46. The van der Waals surface area contributed by atoms with E-state index in [1.807, 2.05) is 19.3 Å². The van der Waals surface area contributed by atoms with Crippen LogP contribution in [0.3, 0.4) is 0 Å². The van der Waals surface area contributed by atoms with E-state index in [4.69, 9.17) is 0 Å². The van der Waals surface area contributed by atoms with Crippen LogP contribution in [-0.2, 0) is 13.0 Å². The van der Waals surface area contributed by atoms with Crippen LogP contribution < -0.4 is 5.32 Å². The maximum atomic E-state index is 4.63. The largest absolute Gasteiger partial charge is 0.316 e. The Morgan fingerprint density at radius 1 is 1.53 bits per heavy atom. The molecule has 0 saturated carbocycles. The summed E-state index contributed by atoms with van der Waals surface area (Å²) >= 11 is 3.58. The van der Waals surface area contributed by atoms with Crippen molar-refractivity contribution in [2.75, 3.05) is 7.05 Å². The molecule has 0 saturated heterocycles. The molecule has 0 aliphatic heterocycles. The Balaban J connectivity index is 2.65. The van der Waals surface area contributed by atoms with Gasteiger partial charge in [-0.05, 0) is 35.5 Å². The minimum absolute atomic E-state index is 0.844. The Bertz CT molecular complexity index is 476. The molecule has 3 nitrogen and oxygen atoms in total. The van der Waals surface area contributed by atoms with E-state index in [1.54, 1.807) is 0 Å². The van der Waals surface area contributed by atoms with Crippen molar-refractivity contribution in [3.63, 3.8) is 0 Å². The SMILES string of the molecule is CCc1nc2c(CNC)cccn2c1Br. The van der Waals surface area contributed by atoms with E-state index in [-0.39, 0.29) is 0 Å². The number of halogens is 1. The van der Waals surface area contributed by atoms with Crippen molar-refractivity contribution in [3.8, 4) is 0 Å². The van der Waals surface area contributed by atoms with Crippen molar-refractivity contribution in [1.29, 1.82) is 0 Å². The van der Waals surface area contributed by atoms with Crippen LogP contribution in [0.1, 0.15) is 18.2 Å². The van der Waals surface area contributed by atoms with Crippen LogP contribution >= 0.6 is 15.9 Å². The van der Waals surface area contributed by atoms with Gasteiger partial charge in [-0.2, -0.15) is 0 Å². The number of aryl methyl sites for hydroxylation is 1. The topological polar surface area (TPSA) is 29.3 Å². The average molecular weight is 268 g/mol. The number of hydrogen-bond donors (Lipinski definition) is 1. The van der Waals surface area contributed by atoms with E-state index >= 15 is 0 Å². The molecule has 0 unspecified atom stereocenters. The molecule has 0 atom stereocenters. The van der Waals surface area contributed by atoms with Gasteiger partial charge in [0.25, 0.3) is 0 Å². The lowest BCUT2D eigenvalue weighted by atomic mass is 10.2. The molecule has 4 heteroatoms. The number of fused-ring (bicyclic) bond motifs is 1. The maximum absolute atomic E-state index is 4.63. The van der Waals surface area contributed by atoms with Crippen LogP contribution in [-0.4, -0.2) is 16.4 Å². The van der Waals surface area contributed by atoms with Gasteiger partial charge in [0.15, 0.2) is 0 Å². The summed E-state index contributed by atoms with van der Waals surface area (Å²) in [5, 5.41) is 3.15. The van der Waals surface area contributed by atoms with E-state index in [2.05, 4.69) is 43.6 Å². The number of pyridine rings is 1. The second-order valence-corrected chi connectivity index (χ2v) is 4.21. The van der Waals surface area contributed by atoms with E-state index in [1.165, 1.54) is 5.56 Å². The Hall–Kier alpha value is -0.870. The van der Waals surface area contributed by atoms with Gasteiger partial charge in [-0.25, -0.2) is 4.98 Å². The third-order valence-corrected chi connectivity index (χ3v) is 3.28. The molecule has 80 valence electrons. The van der Waals surface area contributed by atoms with E-state index in [9.17, 15) is 0 Å². The van der Waals surface area contributed by atoms with Crippen LogP contribution in [0, 0.1) is 0 Å². The molecule has 2 aromatic rings. The van der Waals surface area contributed by atoms with Crippen LogP contribution in [0.4, 0.5) is 0 Å². The Morgan fingerprint density at radius 3 is 3.00 bits per heavy atom. The number of imidazole rings is 1. The quantitative estimate of drug-likeness (QED) is 0.926. The van der Waals surface area contributed by atoms with Crippen molar-refractivity contribution < 1.29 is 0 Å². The van der Waals surface area contributed by atoms with Crippen molar-refractivity contribution in [3.05, 3.63) is 34.2 Å². The zero-order valence-corrected chi connectivity index (χ0v) is 10.5. The predicted molar refractivity (Wildman–Crippen MR) is 65.0 cm³/mol. The maximum Gasteiger partial charge on any atom is 0.142 e. The summed E-state index contributed by atoms with van der Waals surface area (Å²) < 4.78 is 3.16. The molecule has 0 radical (unpaired) electrons. The van der Waals surface area contributed by atoms with Gasteiger partial charge in [-0.15, -0.1) is 0 Å². The lowest BCUT2D eigenvalue weighted by molar-refractivity contribution is 0.816. The lowest BCUT2D eigenvalue weighted by Gasteiger charge is -2.02. The molecule has 0 aromatic carbocycles. The van der Waals surface area contributed by atoms with Gasteiger partial charge in [0.05, 0.1) is 5.69 Å². The van der Waals surface area contributed by atoms with Crippen LogP contribution in [0.15, 0.2) is 22.9 Å².